The first-order valence-electron chi connectivity index (χ1n) is 7.92. The van der Waals surface area contributed by atoms with Gasteiger partial charge in [-0.15, -0.1) is 0 Å². The van der Waals surface area contributed by atoms with E-state index >= 15 is 0 Å². The van der Waals surface area contributed by atoms with Crippen molar-refractivity contribution in [1.29, 1.82) is 0 Å². The SMILES string of the molecule is Cc1ccc2c(c1)[C@@H]1C=CC[C@H]1[C@H](c1ccccc1[N+](=O)[O-])N2. The second kappa shape index (κ2) is 5.23. The van der Waals surface area contributed by atoms with Crippen LogP contribution in [0, 0.1) is 23.0 Å². The Morgan fingerprint density at radius 2 is 2.00 bits per heavy atom. The minimum Gasteiger partial charge on any atom is -0.377 e. The number of hydrogen-bond donors (Lipinski definition) is 1. The monoisotopic (exact) mass is 306 g/mol. The Bertz CT molecular complexity index is 813. The fourth-order valence-corrected chi connectivity index (χ4v) is 3.94. The van der Waals surface area contributed by atoms with Crippen LogP contribution in [0.3, 0.4) is 0 Å². The molecule has 4 rings (SSSR count). The number of nitrogens with one attached hydrogen (secondary N) is 1. The van der Waals surface area contributed by atoms with Crippen LogP contribution in [-0.4, -0.2) is 4.92 Å². The molecule has 23 heavy (non-hydrogen) atoms. The minimum absolute atomic E-state index is 0.0354. The molecule has 2 aromatic carbocycles. The molecule has 3 atom stereocenters. The third-order valence-corrected chi connectivity index (χ3v) is 4.99. The van der Waals surface area contributed by atoms with Gasteiger partial charge in [-0.05, 0) is 30.9 Å². The summed E-state index contributed by atoms with van der Waals surface area (Å²) >= 11 is 0. The molecule has 0 saturated heterocycles. The molecule has 0 fully saturated rings. The van der Waals surface area contributed by atoms with Crippen LogP contribution in [-0.2, 0) is 0 Å². The zero-order valence-corrected chi connectivity index (χ0v) is 12.9. The smallest absolute Gasteiger partial charge is 0.274 e. The van der Waals surface area contributed by atoms with Gasteiger partial charge < -0.3 is 5.32 Å². The van der Waals surface area contributed by atoms with Crippen LogP contribution in [0.4, 0.5) is 11.4 Å². The quantitative estimate of drug-likeness (QED) is 0.496. The first-order chi connectivity index (χ1) is 11.1. The van der Waals surface area contributed by atoms with E-state index in [1.54, 1.807) is 12.1 Å². The van der Waals surface area contributed by atoms with Crippen molar-refractivity contribution in [2.75, 3.05) is 5.32 Å². The summed E-state index contributed by atoms with van der Waals surface area (Å²) in [5.41, 5.74) is 4.62. The molecular weight excluding hydrogens is 288 g/mol. The highest BCUT2D eigenvalue weighted by molar-refractivity contribution is 5.62. The highest BCUT2D eigenvalue weighted by Gasteiger charge is 2.40. The summed E-state index contributed by atoms with van der Waals surface area (Å²) in [7, 11) is 0. The Kier molecular flexibility index (Phi) is 3.18. The minimum atomic E-state index is -0.279. The summed E-state index contributed by atoms with van der Waals surface area (Å²) in [5, 5.41) is 15.0. The Balaban J connectivity index is 1.83. The fraction of sp³-hybridized carbons (Fsp3) is 0.263. The molecule has 2 aliphatic rings. The van der Waals surface area contributed by atoms with Crippen molar-refractivity contribution in [2.24, 2.45) is 5.92 Å². The van der Waals surface area contributed by atoms with Crippen LogP contribution in [0.25, 0.3) is 0 Å². The molecule has 2 aromatic rings. The summed E-state index contributed by atoms with van der Waals surface area (Å²) < 4.78 is 0. The number of allylic oxidation sites excluding steroid dienone is 2. The molecule has 1 N–H and O–H groups in total. The van der Waals surface area contributed by atoms with E-state index in [1.165, 1.54) is 11.1 Å². The molecule has 0 bridgehead atoms. The van der Waals surface area contributed by atoms with Gasteiger partial charge in [0, 0.05) is 17.7 Å². The van der Waals surface area contributed by atoms with Gasteiger partial charge in [-0.25, -0.2) is 0 Å². The van der Waals surface area contributed by atoms with E-state index < -0.39 is 0 Å². The Labute approximate surface area is 135 Å². The van der Waals surface area contributed by atoms with Crippen LogP contribution in [0.1, 0.15) is 35.1 Å². The molecule has 116 valence electrons. The Hall–Kier alpha value is -2.62. The van der Waals surface area contributed by atoms with Crippen LogP contribution in [0.5, 0.6) is 0 Å². The molecule has 0 aromatic heterocycles. The molecule has 1 heterocycles. The average molecular weight is 306 g/mol. The lowest BCUT2D eigenvalue weighted by molar-refractivity contribution is -0.385. The average Bonchev–Trinajstić information content (AvgIpc) is 3.04. The van der Waals surface area contributed by atoms with E-state index in [0.29, 0.717) is 11.8 Å². The van der Waals surface area contributed by atoms with E-state index in [-0.39, 0.29) is 16.7 Å². The maximum atomic E-state index is 11.4. The van der Waals surface area contributed by atoms with Crippen molar-refractivity contribution < 1.29 is 4.92 Å². The largest absolute Gasteiger partial charge is 0.377 e. The van der Waals surface area contributed by atoms with Gasteiger partial charge in [0.2, 0.25) is 0 Å². The van der Waals surface area contributed by atoms with Gasteiger partial charge in [0.05, 0.1) is 16.5 Å². The number of nitro groups is 1. The van der Waals surface area contributed by atoms with Crippen molar-refractivity contribution in [1.82, 2.24) is 0 Å². The fourth-order valence-electron chi connectivity index (χ4n) is 3.94. The normalized spacial score (nSPS) is 24.7. The maximum absolute atomic E-state index is 11.4. The van der Waals surface area contributed by atoms with E-state index in [4.69, 9.17) is 0 Å². The predicted octanol–water partition coefficient (Wildman–Crippen LogP) is 4.73. The molecule has 0 spiro atoms. The Morgan fingerprint density at radius 3 is 2.83 bits per heavy atom. The van der Waals surface area contributed by atoms with Gasteiger partial charge >= 0.3 is 0 Å². The lowest BCUT2D eigenvalue weighted by atomic mass is 9.76. The zero-order chi connectivity index (χ0) is 16.0. The maximum Gasteiger partial charge on any atom is 0.274 e. The van der Waals surface area contributed by atoms with Gasteiger partial charge in [-0.2, -0.15) is 0 Å². The topological polar surface area (TPSA) is 55.2 Å². The van der Waals surface area contributed by atoms with Crippen molar-refractivity contribution in [3.05, 3.63) is 81.4 Å². The number of hydrogen-bond acceptors (Lipinski definition) is 3. The van der Waals surface area contributed by atoms with Crippen LogP contribution in [0.2, 0.25) is 0 Å². The van der Waals surface area contributed by atoms with Gasteiger partial charge in [0.15, 0.2) is 0 Å². The van der Waals surface area contributed by atoms with Crippen LogP contribution < -0.4 is 5.32 Å². The molecule has 1 aliphatic heterocycles. The highest BCUT2D eigenvalue weighted by Crippen LogP contribution is 2.51. The van der Waals surface area contributed by atoms with Gasteiger partial charge in [0.1, 0.15) is 0 Å². The summed E-state index contributed by atoms with van der Waals surface area (Å²) in [6.45, 7) is 2.10. The molecule has 0 saturated carbocycles. The molecular formula is C19H18N2O2. The number of nitro benzene ring substituents is 1. The summed E-state index contributed by atoms with van der Waals surface area (Å²) in [5.74, 6) is 0.654. The first-order valence-corrected chi connectivity index (χ1v) is 7.92. The summed E-state index contributed by atoms with van der Waals surface area (Å²) in [6, 6.07) is 13.5. The number of anilines is 1. The second-order valence-electron chi connectivity index (χ2n) is 6.38. The highest BCUT2D eigenvalue weighted by atomic mass is 16.6. The molecule has 4 heteroatoms. The first kappa shape index (κ1) is 14.0. The summed E-state index contributed by atoms with van der Waals surface area (Å²) in [4.78, 5) is 11.1. The number of fused-ring (bicyclic) bond motifs is 3. The number of nitrogens with zero attached hydrogens (tertiary/aromatic N) is 1. The van der Waals surface area contributed by atoms with Crippen LogP contribution in [0.15, 0.2) is 54.6 Å². The van der Waals surface area contributed by atoms with Gasteiger partial charge in [0.25, 0.3) is 5.69 Å². The Morgan fingerprint density at radius 1 is 1.17 bits per heavy atom. The van der Waals surface area contributed by atoms with E-state index in [0.717, 1.165) is 17.7 Å². The standard InChI is InChI=1S/C19H18N2O2/c1-12-9-10-17-16(11-12)13-6-4-7-14(13)19(20-17)15-5-2-3-8-18(15)21(22)23/h2-6,8-11,13-14,19-20H,7H2,1H3/t13-,14-,19-/m1/s1. The van der Waals surface area contributed by atoms with Crippen molar-refractivity contribution in [2.45, 2.75) is 25.3 Å². The van der Waals surface area contributed by atoms with Gasteiger partial charge in [-0.3, -0.25) is 10.1 Å². The number of benzene rings is 2. The molecule has 4 nitrogen and oxygen atoms in total. The lowest BCUT2D eigenvalue weighted by Crippen LogP contribution is -2.29. The predicted molar refractivity (Wildman–Crippen MR) is 90.6 cm³/mol. The zero-order valence-electron chi connectivity index (χ0n) is 12.9. The van der Waals surface area contributed by atoms with E-state index in [2.05, 4.69) is 42.6 Å². The third kappa shape index (κ3) is 2.22. The molecule has 1 aliphatic carbocycles. The van der Waals surface area contributed by atoms with E-state index in [9.17, 15) is 10.1 Å². The van der Waals surface area contributed by atoms with Gasteiger partial charge in [-0.1, -0.05) is 48.0 Å². The molecule has 0 unspecified atom stereocenters. The third-order valence-electron chi connectivity index (χ3n) is 4.99. The van der Waals surface area contributed by atoms with Crippen LogP contribution >= 0.6 is 0 Å². The number of para-hydroxylation sites is 1. The van der Waals surface area contributed by atoms with E-state index in [1.807, 2.05) is 12.1 Å². The second-order valence-corrected chi connectivity index (χ2v) is 6.38. The van der Waals surface area contributed by atoms with Crippen molar-refractivity contribution >= 4 is 11.4 Å². The molecule has 0 amide bonds. The number of aryl methyl sites for hydroxylation is 1. The lowest BCUT2D eigenvalue weighted by Gasteiger charge is -2.37. The number of rotatable bonds is 2. The summed E-state index contributed by atoms with van der Waals surface area (Å²) in [6.07, 6.45) is 5.41. The van der Waals surface area contributed by atoms with Crippen molar-refractivity contribution in [3.63, 3.8) is 0 Å². The molecule has 0 radical (unpaired) electrons. The van der Waals surface area contributed by atoms with Crippen molar-refractivity contribution in [3.8, 4) is 0 Å².